The molecule has 0 spiro atoms. The maximum absolute atomic E-state index is 13.2. The van der Waals surface area contributed by atoms with Crippen molar-refractivity contribution in [1.82, 2.24) is 0 Å². The fourth-order valence-corrected chi connectivity index (χ4v) is 2.07. The van der Waals surface area contributed by atoms with E-state index >= 15 is 0 Å². The van der Waals surface area contributed by atoms with Crippen molar-refractivity contribution >= 4 is 17.9 Å². The monoisotopic (exact) mass is 281 g/mol. The highest BCUT2D eigenvalue weighted by Gasteiger charge is 2.24. The number of esters is 1. The number of aryl methyl sites for hydroxylation is 1. The summed E-state index contributed by atoms with van der Waals surface area (Å²) in [5, 5.41) is 0. The maximum Gasteiger partial charge on any atom is 0.363 e. The van der Waals surface area contributed by atoms with Crippen LogP contribution in [0.25, 0.3) is 6.08 Å². The molecule has 0 unspecified atom stereocenters. The zero-order valence-corrected chi connectivity index (χ0v) is 11.3. The summed E-state index contributed by atoms with van der Waals surface area (Å²) in [6.07, 6.45) is 1.65. The van der Waals surface area contributed by atoms with Crippen LogP contribution >= 0.6 is 0 Å². The standard InChI is InChI=1S/C17H12FNO2/c1-11-4-2-5-12(8-11)9-15-17(20)21-16(19-15)13-6-3-7-14(18)10-13/h2-10H,1H3. The minimum absolute atomic E-state index is 0.124. The van der Waals surface area contributed by atoms with E-state index in [0.717, 1.165) is 11.1 Å². The van der Waals surface area contributed by atoms with Gasteiger partial charge >= 0.3 is 5.97 Å². The Morgan fingerprint density at radius 3 is 2.71 bits per heavy atom. The number of ether oxygens (including phenoxy) is 1. The van der Waals surface area contributed by atoms with E-state index in [4.69, 9.17) is 4.74 Å². The van der Waals surface area contributed by atoms with Crippen LogP contribution in [0.5, 0.6) is 0 Å². The first-order chi connectivity index (χ1) is 10.1. The molecule has 1 aliphatic heterocycles. The number of benzene rings is 2. The Balaban J connectivity index is 1.95. The highest BCUT2D eigenvalue weighted by Crippen LogP contribution is 2.19. The summed E-state index contributed by atoms with van der Waals surface area (Å²) in [5.41, 5.74) is 2.60. The lowest BCUT2D eigenvalue weighted by atomic mass is 10.1. The lowest BCUT2D eigenvalue weighted by molar-refractivity contribution is -0.129. The third-order valence-electron chi connectivity index (χ3n) is 3.04. The number of hydrogen-bond acceptors (Lipinski definition) is 3. The molecule has 0 saturated carbocycles. The SMILES string of the molecule is Cc1cccc(C=C2N=C(c3cccc(F)c3)OC2=O)c1. The molecule has 3 rings (SSSR count). The zero-order chi connectivity index (χ0) is 14.8. The molecule has 0 N–H and O–H groups in total. The molecular weight excluding hydrogens is 269 g/mol. The molecule has 0 atom stereocenters. The highest BCUT2D eigenvalue weighted by atomic mass is 19.1. The predicted molar refractivity (Wildman–Crippen MR) is 78.2 cm³/mol. The van der Waals surface area contributed by atoms with Crippen LogP contribution < -0.4 is 0 Å². The van der Waals surface area contributed by atoms with Gasteiger partial charge < -0.3 is 4.74 Å². The van der Waals surface area contributed by atoms with Crippen molar-refractivity contribution in [2.75, 3.05) is 0 Å². The van der Waals surface area contributed by atoms with Crippen molar-refractivity contribution in [1.29, 1.82) is 0 Å². The molecule has 2 aromatic carbocycles. The van der Waals surface area contributed by atoms with Gasteiger partial charge in [-0.3, -0.25) is 0 Å². The second-order valence-electron chi connectivity index (χ2n) is 4.76. The van der Waals surface area contributed by atoms with Gasteiger partial charge in [-0.1, -0.05) is 35.9 Å². The molecule has 0 fully saturated rings. The van der Waals surface area contributed by atoms with Gasteiger partial charge in [0.1, 0.15) is 5.82 Å². The van der Waals surface area contributed by atoms with Gasteiger partial charge in [0.05, 0.1) is 0 Å². The van der Waals surface area contributed by atoms with Crippen molar-refractivity contribution in [3.05, 3.63) is 76.7 Å². The fourth-order valence-electron chi connectivity index (χ4n) is 2.07. The van der Waals surface area contributed by atoms with E-state index in [1.54, 1.807) is 18.2 Å². The van der Waals surface area contributed by atoms with Gasteiger partial charge in [0.25, 0.3) is 0 Å². The van der Waals surface area contributed by atoms with Crippen LogP contribution in [0, 0.1) is 12.7 Å². The van der Waals surface area contributed by atoms with Crippen molar-refractivity contribution in [2.24, 2.45) is 4.99 Å². The van der Waals surface area contributed by atoms with E-state index < -0.39 is 11.8 Å². The van der Waals surface area contributed by atoms with Gasteiger partial charge in [0, 0.05) is 5.56 Å². The minimum atomic E-state index is -0.532. The molecule has 104 valence electrons. The van der Waals surface area contributed by atoms with E-state index in [2.05, 4.69) is 4.99 Å². The molecule has 0 bridgehead atoms. The average Bonchev–Trinajstić information content (AvgIpc) is 2.80. The largest absolute Gasteiger partial charge is 0.402 e. The molecule has 0 aliphatic carbocycles. The lowest BCUT2D eigenvalue weighted by Crippen LogP contribution is -2.05. The number of carbonyl (C=O) groups is 1. The molecule has 1 aliphatic rings. The number of hydrogen-bond donors (Lipinski definition) is 0. The smallest absolute Gasteiger partial charge is 0.363 e. The summed E-state index contributed by atoms with van der Waals surface area (Å²) in [6, 6.07) is 13.5. The second kappa shape index (κ2) is 5.32. The molecule has 1 heterocycles. The van der Waals surface area contributed by atoms with Gasteiger partial charge in [-0.25, -0.2) is 14.2 Å². The average molecular weight is 281 g/mol. The van der Waals surface area contributed by atoms with E-state index in [1.165, 1.54) is 12.1 Å². The number of cyclic esters (lactones) is 1. The summed E-state index contributed by atoms with van der Waals surface area (Å²) in [7, 11) is 0. The Morgan fingerprint density at radius 1 is 1.14 bits per heavy atom. The van der Waals surface area contributed by atoms with Crippen LogP contribution in [0.1, 0.15) is 16.7 Å². The van der Waals surface area contributed by atoms with E-state index in [0.29, 0.717) is 5.56 Å². The second-order valence-corrected chi connectivity index (χ2v) is 4.76. The molecule has 2 aromatic rings. The van der Waals surface area contributed by atoms with Crippen molar-refractivity contribution < 1.29 is 13.9 Å². The van der Waals surface area contributed by atoms with Gasteiger partial charge in [-0.05, 0) is 36.8 Å². The number of halogens is 1. The van der Waals surface area contributed by atoms with E-state index in [9.17, 15) is 9.18 Å². The Labute approximate surface area is 121 Å². The summed E-state index contributed by atoms with van der Waals surface area (Å²) < 4.78 is 18.3. The third-order valence-corrected chi connectivity index (χ3v) is 3.04. The summed E-state index contributed by atoms with van der Waals surface area (Å²) in [6.45, 7) is 1.97. The van der Waals surface area contributed by atoms with E-state index in [-0.39, 0.29) is 11.6 Å². The van der Waals surface area contributed by atoms with Crippen LogP contribution in [0.2, 0.25) is 0 Å². The third kappa shape index (κ3) is 2.89. The molecule has 0 amide bonds. The lowest BCUT2D eigenvalue weighted by Gasteiger charge is -1.98. The van der Waals surface area contributed by atoms with Crippen molar-refractivity contribution in [3.63, 3.8) is 0 Å². The zero-order valence-electron chi connectivity index (χ0n) is 11.3. The first-order valence-electron chi connectivity index (χ1n) is 6.47. The van der Waals surface area contributed by atoms with Crippen LogP contribution in [0.4, 0.5) is 4.39 Å². The van der Waals surface area contributed by atoms with Gasteiger partial charge in [-0.15, -0.1) is 0 Å². The Bertz CT molecular complexity index is 778. The topological polar surface area (TPSA) is 38.7 Å². The summed E-state index contributed by atoms with van der Waals surface area (Å²) in [4.78, 5) is 16.0. The van der Waals surface area contributed by atoms with Crippen molar-refractivity contribution in [3.8, 4) is 0 Å². The van der Waals surface area contributed by atoms with Crippen molar-refractivity contribution in [2.45, 2.75) is 6.92 Å². The minimum Gasteiger partial charge on any atom is -0.402 e. The predicted octanol–water partition coefficient (Wildman–Crippen LogP) is 3.48. The number of rotatable bonds is 2. The first kappa shape index (κ1) is 13.2. The normalized spacial score (nSPS) is 16.0. The summed E-state index contributed by atoms with van der Waals surface area (Å²) in [5.74, 6) is -0.809. The van der Waals surface area contributed by atoms with Crippen LogP contribution in [0.3, 0.4) is 0 Å². The molecular formula is C17H12FNO2. The van der Waals surface area contributed by atoms with Crippen LogP contribution in [0.15, 0.2) is 59.2 Å². The molecule has 0 aromatic heterocycles. The quantitative estimate of drug-likeness (QED) is 0.624. The number of aliphatic imine (C=N–C) groups is 1. The molecule has 0 radical (unpaired) electrons. The fraction of sp³-hybridized carbons (Fsp3) is 0.0588. The molecule has 4 heteroatoms. The van der Waals surface area contributed by atoms with Crippen LogP contribution in [-0.4, -0.2) is 11.9 Å². The van der Waals surface area contributed by atoms with Gasteiger partial charge in [-0.2, -0.15) is 0 Å². The van der Waals surface area contributed by atoms with E-state index in [1.807, 2.05) is 31.2 Å². The molecule has 0 saturated heterocycles. The maximum atomic E-state index is 13.2. The molecule has 21 heavy (non-hydrogen) atoms. The molecule has 3 nitrogen and oxygen atoms in total. The Kier molecular flexibility index (Phi) is 3.36. The summed E-state index contributed by atoms with van der Waals surface area (Å²) >= 11 is 0. The number of nitrogens with zero attached hydrogens (tertiary/aromatic N) is 1. The Hall–Kier alpha value is -2.75. The first-order valence-corrected chi connectivity index (χ1v) is 6.47. The van der Waals surface area contributed by atoms with Gasteiger partial charge in [0.15, 0.2) is 5.70 Å². The van der Waals surface area contributed by atoms with Crippen LogP contribution in [-0.2, 0) is 9.53 Å². The number of carbonyl (C=O) groups excluding carboxylic acids is 1. The Morgan fingerprint density at radius 2 is 1.95 bits per heavy atom. The van der Waals surface area contributed by atoms with Gasteiger partial charge in [0.2, 0.25) is 5.90 Å². The highest BCUT2D eigenvalue weighted by molar-refractivity contribution is 6.12.